The Labute approximate surface area is 157 Å². The van der Waals surface area contributed by atoms with Crippen molar-refractivity contribution in [1.29, 1.82) is 0 Å². The van der Waals surface area contributed by atoms with Crippen LogP contribution in [0.15, 0.2) is 60.4 Å². The lowest BCUT2D eigenvalue weighted by atomic mass is 9.83. The topological polar surface area (TPSA) is 49.7 Å². The average molecular weight is 367 g/mol. The zero-order valence-electron chi connectivity index (χ0n) is 14.3. The molecule has 1 aliphatic carbocycles. The molecule has 1 saturated heterocycles. The van der Waals surface area contributed by atoms with Crippen molar-refractivity contribution in [3.05, 3.63) is 76.5 Å². The summed E-state index contributed by atoms with van der Waals surface area (Å²) in [7, 11) is 0. The van der Waals surface area contributed by atoms with Crippen LogP contribution in [-0.2, 0) is 4.74 Å². The molecule has 2 aliphatic heterocycles. The number of hydrogen-bond donors (Lipinski definition) is 2. The SMILES string of the molecule is Cc1ccc(-c2ccc(Cl)cc2)cc1C1=C(O)[C@H]2[C@@H](C1O)[C@@H]1C=C[C@H]2O1. The highest BCUT2D eigenvalue weighted by molar-refractivity contribution is 6.30. The molecule has 1 fully saturated rings. The largest absolute Gasteiger partial charge is 0.511 e. The Bertz CT molecular complexity index is 944. The summed E-state index contributed by atoms with van der Waals surface area (Å²) in [5.41, 5.74) is 4.66. The zero-order chi connectivity index (χ0) is 18.0. The van der Waals surface area contributed by atoms with Crippen molar-refractivity contribution in [3.8, 4) is 11.1 Å². The Hall–Kier alpha value is -2.07. The van der Waals surface area contributed by atoms with Gasteiger partial charge in [0.25, 0.3) is 0 Å². The van der Waals surface area contributed by atoms with Gasteiger partial charge in [0.05, 0.1) is 24.2 Å². The molecule has 0 saturated carbocycles. The number of aryl methyl sites for hydroxylation is 1. The van der Waals surface area contributed by atoms with Gasteiger partial charge in [-0.25, -0.2) is 0 Å². The number of halogens is 1. The first-order valence-electron chi connectivity index (χ1n) is 8.86. The van der Waals surface area contributed by atoms with Crippen LogP contribution in [0.5, 0.6) is 0 Å². The number of aliphatic hydroxyl groups is 2. The maximum atomic E-state index is 11.0. The van der Waals surface area contributed by atoms with Crippen LogP contribution in [0, 0.1) is 18.8 Å². The minimum absolute atomic E-state index is 0.0985. The van der Waals surface area contributed by atoms with Crippen molar-refractivity contribution >= 4 is 17.2 Å². The molecule has 2 heterocycles. The van der Waals surface area contributed by atoms with Crippen molar-refractivity contribution in [2.24, 2.45) is 11.8 Å². The van der Waals surface area contributed by atoms with Gasteiger partial charge in [0, 0.05) is 16.5 Å². The first-order chi connectivity index (χ1) is 12.5. The van der Waals surface area contributed by atoms with Gasteiger partial charge in [-0.15, -0.1) is 0 Å². The molecule has 4 heteroatoms. The smallest absolute Gasteiger partial charge is 0.105 e. The van der Waals surface area contributed by atoms with Crippen molar-refractivity contribution in [3.63, 3.8) is 0 Å². The summed E-state index contributed by atoms with van der Waals surface area (Å²) in [6, 6.07) is 13.8. The molecule has 3 aliphatic rings. The average Bonchev–Trinajstić information content (AvgIpc) is 3.31. The summed E-state index contributed by atoms with van der Waals surface area (Å²) < 4.78 is 5.82. The second kappa shape index (κ2) is 5.71. The summed E-state index contributed by atoms with van der Waals surface area (Å²) in [5.74, 6) is 0.0304. The monoisotopic (exact) mass is 366 g/mol. The van der Waals surface area contributed by atoms with E-state index in [0.717, 1.165) is 22.3 Å². The third-order valence-corrected chi connectivity index (χ3v) is 6.16. The number of hydrogen-bond acceptors (Lipinski definition) is 3. The van der Waals surface area contributed by atoms with E-state index in [-0.39, 0.29) is 29.8 Å². The molecule has 0 spiro atoms. The summed E-state index contributed by atoms with van der Waals surface area (Å²) in [5, 5.41) is 22.6. The van der Waals surface area contributed by atoms with Crippen molar-refractivity contribution in [2.75, 3.05) is 0 Å². The fourth-order valence-electron chi connectivity index (χ4n) is 4.61. The van der Waals surface area contributed by atoms with Gasteiger partial charge in [0.2, 0.25) is 0 Å². The van der Waals surface area contributed by atoms with Crippen molar-refractivity contribution in [2.45, 2.75) is 25.2 Å². The summed E-state index contributed by atoms with van der Waals surface area (Å²) in [6.07, 6.45) is 3.03. The quantitative estimate of drug-likeness (QED) is 0.768. The van der Waals surface area contributed by atoms with Gasteiger partial charge in [0.15, 0.2) is 0 Å². The Morgan fingerprint density at radius 1 is 0.962 bits per heavy atom. The van der Waals surface area contributed by atoms with E-state index in [1.165, 1.54) is 0 Å². The standard InChI is InChI=1S/C22H19ClO3/c1-11-2-3-13(12-4-6-14(23)7-5-12)10-15(11)18-21(24)19-16-8-9-17(26-16)20(19)22(18)25/h2-10,16-17,19-21,24-25H,1H3/t16-,17+,19-,20+,21?/m0/s1. The van der Waals surface area contributed by atoms with E-state index >= 15 is 0 Å². The lowest BCUT2D eigenvalue weighted by Crippen LogP contribution is -2.29. The van der Waals surface area contributed by atoms with Gasteiger partial charge >= 0.3 is 0 Å². The molecule has 5 rings (SSSR count). The number of ether oxygens (including phenoxy) is 1. The van der Waals surface area contributed by atoms with Gasteiger partial charge in [-0.05, 0) is 47.4 Å². The van der Waals surface area contributed by atoms with E-state index < -0.39 is 6.10 Å². The van der Waals surface area contributed by atoms with Crippen LogP contribution in [0.4, 0.5) is 0 Å². The Balaban J connectivity index is 1.60. The number of aliphatic hydroxyl groups excluding tert-OH is 2. The maximum absolute atomic E-state index is 11.0. The number of fused-ring (bicyclic) bond motifs is 5. The fraction of sp³-hybridized carbons (Fsp3) is 0.273. The van der Waals surface area contributed by atoms with E-state index in [0.29, 0.717) is 10.6 Å². The molecule has 26 heavy (non-hydrogen) atoms. The zero-order valence-corrected chi connectivity index (χ0v) is 15.0. The van der Waals surface area contributed by atoms with Gasteiger partial charge in [0.1, 0.15) is 5.76 Å². The van der Waals surface area contributed by atoms with E-state index in [1.54, 1.807) is 0 Å². The highest BCUT2D eigenvalue weighted by atomic mass is 35.5. The molecule has 3 nitrogen and oxygen atoms in total. The molecular weight excluding hydrogens is 348 g/mol. The highest BCUT2D eigenvalue weighted by Gasteiger charge is 2.56. The van der Waals surface area contributed by atoms with Crippen LogP contribution in [0.2, 0.25) is 5.02 Å². The molecular formula is C22H19ClO3. The van der Waals surface area contributed by atoms with Crippen LogP contribution in [-0.4, -0.2) is 28.5 Å². The third kappa shape index (κ3) is 2.21. The molecule has 5 atom stereocenters. The lowest BCUT2D eigenvalue weighted by Gasteiger charge is -2.21. The van der Waals surface area contributed by atoms with Gasteiger partial charge in [-0.1, -0.05) is 48.0 Å². The summed E-state index contributed by atoms with van der Waals surface area (Å²) >= 11 is 5.99. The van der Waals surface area contributed by atoms with Crippen LogP contribution in [0.25, 0.3) is 16.7 Å². The molecule has 2 bridgehead atoms. The predicted octanol–water partition coefficient (Wildman–Crippen LogP) is 4.53. The predicted molar refractivity (Wildman–Crippen MR) is 102 cm³/mol. The van der Waals surface area contributed by atoms with Gasteiger partial charge in [-0.2, -0.15) is 0 Å². The molecule has 2 aromatic carbocycles. The molecule has 0 aromatic heterocycles. The van der Waals surface area contributed by atoms with Gasteiger partial charge < -0.3 is 14.9 Å². The summed E-state index contributed by atoms with van der Waals surface area (Å²) in [6.45, 7) is 2.01. The van der Waals surface area contributed by atoms with Crippen LogP contribution in [0.3, 0.4) is 0 Å². The Morgan fingerprint density at radius 2 is 1.65 bits per heavy atom. The van der Waals surface area contributed by atoms with Gasteiger partial charge in [-0.3, -0.25) is 0 Å². The fourth-order valence-corrected chi connectivity index (χ4v) is 4.73. The van der Waals surface area contributed by atoms with E-state index in [4.69, 9.17) is 16.3 Å². The van der Waals surface area contributed by atoms with E-state index in [2.05, 4.69) is 6.07 Å². The van der Waals surface area contributed by atoms with E-state index in [1.807, 2.05) is 55.5 Å². The number of rotatable bonds is 2. The Kier molecular flexibility index (Phi) is 3.54. The third-order valence-electron chi connectivity index (χ3n) is 5.91. The van der Waals surface area contributed by atoms with Crippen LogP contribution >= 0.6 is 11.6 Å². The van der Waals surface area contributed by atoms with E-state index in [9.17, 15) is 10.2 Å². The molecule has 0 amide bonds. The minimum Gasteiger partial charge on any atom is -0.511 e. The lowest BCUT2D eigenvalue weighted by molar-refractivity contribution is 0.0785. The highest BCUT2D eigenvalue weighted by Crippen LogP contribution is 2.53. The minimum atomic E-state index is -0.723. The second-order valence-corrected chi connectivity index (χ2v) is 7.77. The van der Waals surface area contributed by atoms with Crippen LogP contribution in [0.1, 0.15) is 11.1 Å². The molecule has 2 N–H and O–H groups in total. The Morgan fingerprint density at radius 3 is 2.38 bits per heavy atom. The normalized spacial score (nSPS) is 31.7. The number of benzene rings is 2. The van der Waals surface area contributed by atoms with Crippen molar-refractivity contribution < 1.29 is 14.9 Å². The summed E-state index contributed by atoms with van der Waals surface area (Å²) in [4.78, 5) is 0. The van der Waals surface area contributed by atoms with Crippen LogP contribution < -0.4 is 0 Å². The molecule has 132 valence electrons. The molecule has 2 aromatic rings. The van der Waals surface area contributed by atoms with Crippen molar-refractivity contribution in [1.82, 2.24) is 0 Å². The second-order valence-electron chi connectivity index (χ2n) is 7.33. The molecule has 1 unspecified atom stereocenters. The first-order valence-corrected chi connectivity index (χ1v) is 9.24. The first kappa shape index (κ1) is 16.1. The maximum Gasteiger partial charge on any atom is 0.105 e. The molecule has 0 radical (unpaired) electrons.